The molecule has 2 aliphatic heterocycles. The van der Waals surface area contributed by atoms with Crippen molar-refractivity contribution in [3.63, 3.8) is 0 Å². The molecular weight excluding hydrogens is 350 g/mol. The van der Waals surface area contributed by atoms with E-state index in [1.807, 2.05) is 19.1 Å². The van der Waals surface area contributed by atoms with Crippen LogP contribution < -0.4 is 5.32 Å². The van der Waals surface area contributed by atoms with Crippen LogP contribution in [0.3, 0.4) is 0 Å². The molecule has 2 aliphatic rings. The van der Waals surface area contributed by atoms with E-state index in [0.29, 0.717) is 31.7 Å². The molecule has 1 aromatic carbocycles. The fraction of sp³-hybridized carbons (Fsp3) is 0.421. The number of nitrogens with one attached hydrogen (secondary N) is 1. The molecule has 0 aliphatic carbocycles. The standard InChI is InChI=1S/C19H21N3O3S/c1-3-25-19(24)22-9-8-14-15(10-20)18(26-16(14)11-22)21-17(23)13-6-4-12(2)5-7-13/h4-7,15,18H,3,8-9,11H2,1-2H3,(H,21,23). The number of ether oxygens (including phenoxy) is 1. The van der Waals surface area contributed by atoms with E-state index in [9.17, 15) is 14.9 Å². The Hall–Kier alpha value is -2.46. The Morgan fingerprint density at radius 2 is 2.12 bits per heavy atom. The topological polar surface area (TPSA) is 82.4 Å². The molecule has 0 spiro atoms. The lowest BCUT2D eigenvalue weighted by atomic mass is 9.94. The molecule has 0 bridgehead atoms. The molecule has 1 aromatic rings. The molecule has 2 amide bonds. The molecule has 1 N–H and O–H groups in total. The van der Waals surface area contributed by atoms with Gasteiger partial charge in [0.2, 0.25) is 0 Å². The van der Waals surface area contributed by atoms with Gasteiger partial charge in [-0.3, -0.25) is 4.79 Å². The van der Waals surface area contributed by atoms with Gasteiger partial charge in [0.15, 0.2) is 0 Å². The third-order valence-electron chi connectivity index (χ3n) is 4.54. The van der Waals surface area contributed by atoms with Crippen molar-refractivity contribution in [3.8, 4) is 6.07 Å². The highest BCUT2D eigenvalue weighted by atomic mass is 32.2. The Bertz CT molecular complexity index is 782. The maximum absolute atomic E-state index is 12.5. The first-order valence-electron chi connectivity index (χ1n) is 8.61. The van der Waals surface area contributed by atoms with Gasteiger partial charge in [-0.05, 0) is 38.0 Å². The summed E-state index contributed by atoms with van der Waals surface area (Å²) in [6.45, 7) is 5.06. The van der Waals surface area contributed by atoms with Gasteiger partial charge in [0.25, 0.3) is 5.91 Å². The molecule has 2 heterocycles. The first kappa shape index (κ1) is 18.3. The lowest BCUT2D eigenvalue weighted by Crippen LogP contribution is -2.37. The zero-order valence-electron chi connectivity index (χ0n) is 14.8. The largest absolute Gasteiger partial charge is 0.450 e. The number of carbonyl (C=O) groups is 2. The van der Waals surface area contributed by atoms with E-state index in [0.717, 1.165) is 16.0 Å². The molecule has 0 saturated heterocycles. The zero-order chi connectivity index (χ0) is 18.7. The minimum absolute atomic E-state index is 0.190. The number of thioether (sulfide) groups is 1. The Balaban J connectivity index is 1.69. The molecular formula is C19H21N3O3S. The van der Waals surface area contributed by atoms with Crippen LogP contribution >= 0.6 is 11.8 Å². The molecule has 136 valence electrons. The second-order valence-corrected chi connectivity index (χ2v) is 7.54. The van der Waals surface area contributed by atoms with E-state index in [1.165, 1.54) is 11.8 Å². The number of nitrogens with zero attached hydrogens (tertiary/aromatic N) is 2. The highest BCUT2D eigenvalue weighted by Crippen LogP contribution is 2.44. The van der Waals surface area contributed by atoms with Crippen LogP contribution in [-0.4, -0.2) is 42.0 Å². The number of nitriles is 1. The van der Waals surface area contributed by atoms with Crippen molar-refractivity contribution < 1.29 is 14.3 Å². The Morgan fingerprint density at radius 3 is 2.77 bits per heavy atom. The highest BCUT2D eigenvalue weighted by molar-refractivity contribution is 8.04. The summed E-state index contributed by atoms with van der Waals surface area (Å²) in [7, 11) is 0. The summed E-state index contributed by atoms with van der Waals surface area (Å²) < 4.78 is 5.06. The van der Waals surface area contributed by atoms with Gasteiger partial charge in [0.1, 0.15) is 0 Å². The average molecular weight is 371 g/mol. The number of amides is 2. The van der Waals surface area contributed by atoms with Gasteiger partial charge in [0.05, 0.1) is 30.5 Å². The van der Waals surface area contributed by atoms with E-state index >= 15 is 0 Å². The van der Waals surface area contributed by atoms with Gasteiger partial charge in [-0.25, -0.2) is 4.79 Å². The first-order valence-corrected chi connectivity index (χ1v) is 9.49. The fourth-order valence-electron chi connectivity index (χ4n) is 3.14. The van der Waals surface area contributed by atoms with Crippen molar-refractivity contribution in [2.75, 3.05) is 19.7 Å². The van der Waals surface area contributed by atoms with Gasteiger partial charge in [-0.2, -0.15) is 5.26 Å². The molecule has 6 nitrogen and oxygen atoms in total. The number of aryl methyl sites for hydroxylation is 1. The summed E-state index contributed by atoms with van der Waals surface area (Å²) in [5.41, 5.74) is 2.70. The van der Waals surface area contributed by atoms with E-state index in [4.69, 9.17) is 4.74 Å². The van der Waals surface area contributed by atoms with Gasteiger partial charge in [0, 0.05) is 17.0 Å². The van der Waals surface area contributed by atoms with Crippen LogP contribution in [0.5, 0.6) is 0 Å². The van der Waals surface area contributed by atoms with Crippen molar-refractivity contribution >= 4 is 23.8 Å². The third-order valence-corrected chi connectivity index (χ3v) is 5.86. The van der Waals surface area contributed by atoms with Crippen LogP contribution in [0.4, 0.5) is 4.79 Å². The van der Waals surface area contributed by atoms with Crippen LogP contribution in [0, 0.1) is 24.2 Å². The van der Waals surface area contributed by atoms with Crippen molar-refractivity contribution in [3.05, 3.63) is 45.9 Å². The van der Waals surface area contributed by atoms with Crippen LogP contribution in [-0.2, 0) is 4.74 Å². The summed E-state index contributed by atoms with van der Waals surface area (Å²) in [5.74, 6) is -0.557. The van der Waals surface area contributed by atoms with Crippen molar-refractivity contribution in [2.45, 2.75) is 25.6 Å². The van der Waals surface area contributed by atoms with Crippen molar-refractivity contribution in [2.24, 2.45) is 5.92 Å². The lowest BCUT2D eigenvalue weighted by Gasteiger charge is -2.27. The summed E-state index contributed by atoms with van der Waals surface area (Å²) in [6, 6.07) is 9.65. The quantitative estimate of drug-likeness (QED) is 0.883. The number of benzene rings is 1. The molecule has 0 radical (unpaired) electrons. The second kappa shape index (κ2) is 7.83. The summed E-state index contributed by atoms with van der Waals surface area (Å²) in [4.78, 5) is 27.1. The van der Waals surface area contributed by atoms with Crippen LogP contribution in [0.1, 0.15) is 29.3 Å². The number of rotatable bonds is 3. The third kappa shape index (κ3) is 3.70. The van der Waals surface area contributed by atoms with Crippen molar-refractivity contribution in [1.82, 2.24) is 10.2 Å². The molecule has 26 heavy (non-hydrogen) atoms. The number of carbonyl (C=O) groups excluding carboxylic acids is 2. The molecule has 3 rings (SSSR count). The molecule has 2 atom stereocenters. The molecule has 0 aromatic heterocycles. The number of hydrogen-bond acceptors (Lipinski definition) is 5. The van der Waals surface area contributed by atoms with E-state index < -0.39 is 0 Å². The Kier molecular flexibility index (Phi) is 5.52. The van der Waals surface area contributed by atoms with Gasteiger partial charge < -0.3 is 15.0 Å². The van der Waals surface area contributed by atoms with Crippen LogP contribution in [0.15, 0.2) is 34.7 Å². The summed E-state index contributed by atoms with van der Waals surface area (Å²) in [6.07, 6.45) is 0.302. The SMILES string of the molecule is CCOC(=O)N1CCC2=C(C1)SC(NC(=O)c1ccc(C)cc1)C2C#N. The smallest absolute Gasteiger partial charge is 0.410 e. The highest BCUT2D eigenvalue weighted by Gasteiger charge is 2.40. The van der Waals surface area contributed by atoms with Crippen LogP contribution in [0.2, 0.25) is 0 Å². The minimum Gasteiger partial charge on any atom is -0.450 e. The van der Waals surface area contributed by atoms with Crippen LogP contribution in [0.25, 0.3) is 0 Å². The summed E-state index contributed by atoms with van der Waals surface area (Å²) in [5, 5.41) is 12.2. The maximum atomic E-state index is 12.5. The second-order valence-electron chi connectivity index (χ2n) is 6.30. The normalized spacial score (nSPS) is 21.8. The maximum Gasteiger partial charge on any atom is 0.410 e. The molecule has 0 saturated carbocycles. The summed E-state index contributed by atoms with van der Waals surface area (Å²) >= 11 is 1.47. The predicted octanol–water partition coefficient (Wildman–Crippen LogP) is 3.05. The number of hydrogen-bond donors (Lipinski definition) is 1. The predicted molar refractivity (Wildman–Crippen MR) is 99.4 cm³/mol. The lowest BCUT2D eigenvalue weighted by molar-refractivity contribution is 0.0947. The van der Waals surface area contributed by atoms with Gasteiger partial charge in [-0.15, -0.1) is 11.8 Å². The molecule has 0 fully saturated rings. The van der Waals surface area contributed by atoms with Gasteiger partial charge in [-0.1, -0.05) is 17.7 Å². The first-order chi connectivity index (χ1) is 12.5. The Labute approximate surface area is 157 Å². The van der Waals surface area contributed by atoms with E-state index in [2.05, 4.69) is 11.4 Å². The van der Waals surface area contributed by atoms with E-state index in [1.54, 1.807) is 24.0 Å². The average Bonchev–Trinajstić information content (AvgIpc) is 2.98. The molecule has 7 heteroatoms. The van der Waals surface area contributed by atoms with Crippen molar-refractivity contribution in [1.29, 1.82) is 5.26 Å². The minimum atomic E-state index is -0.367. The van der Waals surface area contributed by atoms with Gasteiger partial charge >= 0.3 is 6.09 Å². The zero-order valence-corrected chi connectivity index (χ0v) is 15.6. The van der Waals surface area contributed by atoms with E-state index in [-0.39, 0.29) is 23.3 Å². The fourth-order valence-corrected chi connectivity index (χ4v) is 4.59. The Morgan fingerprint density at radius 1 is 1.38 bits per heavy atom. The molecule has 2 unspecified atom stereocenters. The monoisotopic (exact) mass is 371 g/mol.